The summed E-state index contributed by atoms with van der Waals surface area (Å²) >= 11 is 1.16. The molecule has 0 bridgehead atoms. The smallest absolute Gasteiger partial charge is 0.176 e. The molecule has 3 nitrogen and oxygen atoms in total. The van der Waals surface area contributed by atoms with Crippen LogP contribution in [-0.4, -0.2) is 9.78 Å². The highest BCUT2D eigenvalue weighted by Crippen LogP contribution is 2.17. The van der Waals surface area contributed by atoms with Gasteiger partial charge in [0.05, 0.1) is 6.54 Å². The van der Waals surface area contributed by atoms with Crippen LogP contribution in [0, 0.1) is 12.1 Å². The van der Waals surface area contributed by atoms with E-state index in [0.29, 0.717) is 12.6 Å². The predicted molar refractivity (Wildman–Crippen MR) is 76.2 cm³/mol. The fourth-order valence-electron chi connectivity index (χ4n) is 1.72. The number of anilines is 1. The zero-order chi connectivity index (χ0) is 12.4. The van der Waals surface area contributed by atoms with Gasteiger partial charge in [0.15, 0.2) is 5.13 Å². The lowest BCUT2D eigenvalue weighted by Crippen LogP contribution is -2.05. The molecule has 0 aromatic carbocycles. The third-order valence-electron chi connectivity index (χ3n) is 2.48. The Bertz CT molecular complexity index is 507. The van der Waals surface area contributed by atoms with Crippen LogP contribution in [0.15, 0.2) is 18.2 Å². The summed E-state index contributed by atoms with van der Waals surface area (Å²) in [5.74, 6) is 0.838. The molecular formula is C12H17ClFN3S. The molecular weight excluding hydrogens is 273 g/mol. The molecule has 6 heteroatoms. The van der Waals surface area contributed by atoms with Crippen LogP contribution in [0.4, 0.5) is 10.2 Å². The zero-order valence-electron chi connectivity index (χ0n) is 10.6. The molecule has 1 N–H and O–H groups in total. The van der Waals surface area contributed by atoms with Gasteiger partial charge in [0.25, 0.3) is 0 Å². The monoisotopic (exact) mass is 289 g/mol. The molecule has 2 aromatic heterocycles. The average Bonchev–Trinajstić information content (AvgIpc) is 2.82. The molecule has 0 fully saturated rings. The summed E-state index contributed by atoms with van der Waals surface area (Å²) in [7, 11) is 0. The molecule has 2 rings (SSSR count). The predicted octanol–water partition coefficient (Wildman–Crippen LogP) is 4.01. The largest absolute Gasteiger partial charge is 0.364 e. The van der Waals surface area contributed by atoms with Crippen LogP contribution in [0.1, 0.15) is 30.5 Å². The number of aryl methyl sites for hydroxylation is 1. The summed E-state index contributed by atoms with van der Waals surface area (Å²) < 4.78 is 14.8. The fraction of sp³-hybridized carbons (Fsp3) is 0.417. The summed E-state index contributed by atoms with van der Waals surface area (Å²) in [4.78, 5) is 0.972. The van der Waals surface area contributed by atoms with Crippen LogP contribution in [0.25, 0.3) is 0 Å². The van der Waals surface area contributed by atoms with Crippen molar-refractivity contribution in [2.45, 2.75) is 33.4 Å². The van der Waals surface area contributed by atoms with E-state index in [4.69, 9.17) is 0 Å². The van der Waals surface area contributed by atoms with Crippen molar-refractivity contribution in [3.05, 3.63) is 33.9 Å². The van der Waals surface area contributed by atoms with Crippen molar-refractivity contribution >= 4 is 29.6 Å². The highest BCUT2D eigenvalue weighted by atomic mass is 35.5. The van der Waals surface area contributed by atoms with Crippen molar-refractivity contribution in [1.29, 1.82) is 0 Å². The van der Waals surface area contributed by atoms with Gasteiger partial charge in [-0.2, -0.15) is 9.49 Å². The maximum atomic E-state index is 12.8. The molecule has 0 radical (unpaired) electrons. The molecule has 0 unspecified atom stereocenters. The van der Waals surface area contributed by atoms with E-state index < -0.39 is 0 Å². The van der Waals surface area contributed by atoms with E-state index in [2.05, 4.69) is 24.3 Å². The van der Waals surface area contributed by atoms with E-state index >= 15 is 0 Å². The van der Waals surface area contributed by atoms with Gasteiger partial charge >= 0.3 is 0 Å². The molecule has 2 aromatic rings. The van der Waals surface area contributed by atoms with E-state index in [0.717, 1.165) is 27.7 Å². The molecule has 18 heavy (non-hydrogen) atoms. The third-order valence-corrected chi connectivity index (χ3v) is 3.36. The summed E-state index contributed by atoms with van der Waals surface area (Å²) in [6.07, 6.45) is 0. The van der Waals surface area contributed by atoms with E-state index in [9.17, 15) is 4.39 Å². The van der Waals surface area contributed by atoms with Crippen molar-refractivity contribution < 1.29 is 4.39 Å². The summed E-state index contributed by atoms with van der Waals surface area (Å²) in [6.45, 7) is 6.84. The third kappa shape index (κ3) is 3.46. The van der Waals surface area contributed by atoms with Gasteiger partial charge in [-0.05, 0) is 32.9 Å². The van der Waals surface area contributed by atoms with Gasteiger partial charge < -0.3 is 5.32 Å². The number of nitrogens with zero attached hydrogens (tertiary/aromatic N) is 2. The highest BCUT2D eigenvalue weighted by Gasteiger charge is 2.07. The van der Waals surface area contributed by atoms with Crippen LogP contribution < -0.4 is 5.32 Å². The standard InChI is InChI=1S/C12H16FN3S.ClH/c1-8(2)16-9(3)6-12(15-16)14-7-10-4-5-11(13)17-10;/h4-6,8H,7H2,1-3H3,(H,14,15);1H. The molecule has 0 aliphatic heterocycles. The van der Waals surface area contributed by atoms with Crippen molar-refractivity contribution in [3.8, 4) is 0 Å². The highest BCUT2D eigenvalue weighted by molar-refractivity contribution is 7.10. The van der Waals surface area contributed by atoms with Crippen molar-refractivity contribution in [3.63, 3.8) is 0 Å². The Morgan fingerprint density at radius 3 is 2.67 bits per heavy atom. The Hall–Kier alpha value is -1.07. The first kappa shape index (κ1) is 15.0. The minimum Gasteiger partial charge on any atom is -0.364 e. The second kappa shape index (κ2) is 6.20. The number of aromatic nitrogens is 2. The van der Waals surface area contributed by atoms with Gasteiger partial charge in [-0.3, -0.25) is 4.68 Å². The molecule has 0 amide bonds. The Labute approximate surface area is 116 Å². The molecule has 0 aliphatic carbocycles. The summed E-state index contributed by atoms with van der Waals surface area (Å²) in [6, 6.07) is 5.63. The topological polar surface area (TPSA) is 29.9 Å². The second-order valence-corrected chi connectivity index (χ2v) is 5.39. The lowest BCUT2D eigenvalue weighted by atomic mass is 10.4. The molecule has 0 aliphatic rings. The Morgan fingerprint density at radius 2 is 2.17 bits per heavy atom. The first-order valence-electron chi connectivity index (χ1n) is 5.60. The van der Waals surface area contributed by atoms with Crippen LogP contribution in [0.2, 0.25) is 0 Å². The number of hydrogen-bond donors (Lipinski definition) is 1. The summed E-state index contributed by atoms with van der Waals surface area (Å²) in [5.41, 5.74) is 1.12. The SMILES string of the molecule is Cc1cc(NCc2ccc(F)s2)nn1C(C)C.Cl. The van der Waals surface area contributed by atoms with Crippen molar-refractivity contribution in [2.75, 3.05) is 5.32 Å². The van der Waals surface area contributed by atoms with Gasteiger partial charge in [-0.25, -0.2) is 0 Å². The van der Waals surface area contributed by atoms with Crippen LogP contribution >= 0.6 is 23.7 Å². The first-order chi connectivity index (χ1) is 8.06. The van der Waals surface area contributed by atoms with Crippen LogP contribution in [-0.2, 0) is 6.54 Å². The second-order valence-electron chi connectivity index (χ2n) is 4.27. The maximum Gasteiger partial charge on any atom is 0.176 e. The van der Waals surface area contributed by atoms with E-state index in [1.54, 1.807) is 6.07 Å². The van der Waals surface area contributed by atoms with E-state index in [1.165, 1.54) is 6.07 Å². The minimum absolute atomic E-state index is 0. The van der Waals surface area contributed by atoms with Gasteiger partial charge in [0.2, 0.25) is 0 Å². The number of thiophene rings is 1. The lowest BCUT2D eigenvalue weighted by Gasteiger charge is -2.07. The minimum atomic E-state index is -0.148. The molecule has 0 atom stereocenters. The fourth-order valence-corrected chi connectivity index (χ4v) is 2.39. The normalized spacial score (nSPS) is 10.5. The van der Waals surface area contributed by atoms with Gasteiger partial charge in [-0.1, -0.05) is 0 Å². The van der Waals surface area contributed by atoms with Gasteiger partial charge in [-0.15, -0.1) is 23.7 Å². The summed E-state index contributed by atoms with van der Waals surface area (Å²) in [5, 5.41) is 7.50. The molecule has 2 heterocycles. The Balaban J connectivity index is 0.00000162. The Morgan fingerprint density at radius 1 is 1.44 bits per heavy atom. The van der Waals surface area contributed by atoms with E-state index in [1.807, 2.05) is 17.7 Å². The number of nitrogens with one attached hydrogen (secondary N) is 1. The molecule has 0 spiro atoms. The quantitative estimate of drug-likeness (QED) is 0.922. The van der Waals surface area contributed by atoms with E-state index in [-0.39, 0.29) is 17.5 Å². The van der Waals surface area contributed by atoms with Crippen molar-refractivity contribution in [2.24, 2.45) is 0 Å². The van der Waals surface area contributed by atoms with Gasteiger partial charge in [0, 0.05) is 22.7 Å². The average molecular weight is 290 g/mol. The zero-order valence-corrected chi connectivity index (χ0v) is 12.2. The van der Waals surface area contributed by atoms with Crippen LogP contribution in [0.5, 0.6) is 0 Å². The molecule has 0 saturated heterocycles. The number of halogens is 2. The first-order valence-corrected chi connectivity index (χ1v) is 6.42. The van der Waals surface area contributed by atoms with Crippen molar-refractivity contribution in [1.82, 2.24) is 9.78 Å². The number of hydrogen-bond acceptors (Lipinski definition) is 3. The number of rotatable bonds is 4. The molecule has 100 valence electrons. The van der Waals surface area contributed by atoms with Crippen LogP contribution in [0.3, 0.4) is 0 Å². The lowest BCUT2D eigenvalue weighted by molar-refractivity contribution is 0.520. The van der Waals surface area contributed by atoms with Gasteiger partial charge in [0.1, 0.15) is 5.82 Å². The Kier molecular flexibility index (Phi) is 5.16. The maximum absolute atomic E-state index is 12.8. The molecule has 0 saturated carbocycles.